The molecule has 0 aliphatic carbocycles. The summed E-state index contributed by atoms with van der Waals surface area (Å²) in [5, 5.41) is 23.4. The third kappa shape index (κ3) is 4.25. The molecule has 0 fully saturated rings. The van der Waals surface area contributed by atoms with Crippen LogP contribution in [-0.4, -0.2) is 53.4 Å². The fourth-order valence-corrected chi connectivity index (χ4v) is 3.63. The molecule has 0 radical (unpaired) electrons. The molecule has 0 aliphatic rings. The SMILES string of the molecule is CN(CC(=O)O)Cc1ccc(-c2cccc(S(N)(=O)=O)c2-c2n[nH][nH]2)cc1. The van der Waals surface area contributed by atoms with Gasteiger partial charge in [0.25, 0.3) is 0 Å². The summed E-state index contributed by atoms with van der Waals surface area (Å²) in [6, 6.07) is 12.3. The maximum Gasteiger partial charge on any atom is 0.317 e. The topological polar surface area (TPSA) is 145 Å². The highest BCUT2D eigenvalue weighted by Crippen LogP contribution is 2.35. The zero-order chi connectivity index (χ0) is 19.6. The number of nitrogens with two attached hydrogens (primary N) is 1. The van der Waals surface area contributed by atoms with E-state index in [1.165, 1.54) is 6.07 Å². The van der Waals surface area contributed by atoms with E-state index >= 15 is 0 Å². The summed E-state index contributed by atoms with van der Waals surface area (Å²) < 4.78 is 23.9. The smallest absolute Gasteiger partial charge is 0.317 e. The number of aliphatic carboxylic acids is 1. The van der Waals surface area contributed by atoms with E-state index in [9.17, 15) is 13.2 Å². The molecule has 1 aromatic heterocycles. The minimum Gasteiger partial charge on any atom is -0.480 e. The first kappa shape index (κ1) is 18.8. The Hall–Kier alpha value is -2.95. The lowest BCUT2D eigenvalue weighted by Crippen LogP contribution is -2.25. The van der Waals surface area contributed by atoms with Crippen molar-refractivity contribution in [2.24, 2.45) is 5.14 Å². The van der Waals surface area contributed by atoms with Crippen LogP contribution in [0.2, 0.25) is 0 Å². The second kappa shape index (κ2) is 7.35. The second-order valence-electron chi connectivity index (χ2n) is 6.18. The van der Waals surface area contributed by atoms with Crippen LogP contribution in [0.3, 0.4) is 0 Å². The van der Waals surface area contributed by atoms with E-state index in [1.807, 2.05) is 24.3 Å². The fraction of sp³-hybridized carbons (Fsp3) is 0.176. The Balaban J connectivity index is 1.97. The van der Waals surface area contributed by atoms with Gasteiger partial charge in [0.2, 0.25) is 10.0 Å². The van der Waals surface area contributed by atoms with E-state index in [2.05, 4.69) is 15.4 Å². The largest absolute Gasteiger partial charge is 0.480 e. The number of carboxylic acid groups (broad SMARTS) is 1. The average molecular weight is 389 g/mol. The zero-order valence-electron chi connectivity index (χ0n) is 14.5. The second-order valence-corrected chi connectivity index (χ2v) is 7.71. The number of hydrogen-bond donors (Lipinski definition) is 4. The van der Waals surface area contributed by atoms with Crippen LogP contribution in [-0.2, 0) is 21.4 Å². The van der Waals surface area contributed by atoms with Crippen LogP contribution in [0.4, 0.5) is 0 Å². The van der Waals surface area contributed by atoms with Crippen LogP contribution in [0, 0.1) is 0 Å². The average Bonchev–Trinajstić information content (AvgIpc) is 2.52. The molecule has 0 spiro atoms. The Labute approximate surface area is 155 Å². The molecule has 5 N–H and O–H groups in total. The predicted molar refractivity (Wildman–Crippen MR) is 99.2 cm³/mol. The van der Waals surface area contributed by atoms with Gasteiger partial charge in [-0.25, -0.2) is 18.8 Å². The Morgan fingerprint density at radius 1 is 1.22 bits per heavy atom. The molecule has 142 valence electrons. The summed E-state index contributed by atoms with van der Waals surface area (Å²) in [5.74, 6) is -0.499. The summed E-state index contributed by atoms with van der Waals surface area (Å²) in [6.45, 7) is 0.426. The molecule has 10 heteroatoms. The first-order valence-electron chi connectivity index (χ1n) is 8.00. The lowest BCUT2D eigenvalue weighted by atomic mass is 9.98. The minimum atomic E-state index is -3.93. The number of primary sulfonamides is 1. The van der Waals surface area contributed by atoms with Gasteiger partial charge in [0.15, 0.2) is 5.82 Å². The molecule has 0 saturated heterocycles. The summed E-state index contributed by atoms with van der Waals surface area (Å²) in [5.41, 5.74) is 2.79. The lowest BCUT2D eigenvalue weighted by Gasteiger charge is -2.16. The Bertz CT molecular complexity index is 1040. The molecule has 2 aromatic carbocycles. The summed E-state index contributed by atoms with van der Waals surface area (Å²) in [4.78, 5) is 12.4. The number of likely N-dealkylation sites (N-methyl/N-ethyl adjacent to an activating group) is 1. The third-order valence-electron chi connectivity index (χ3n) is 4.03. The van der Waals surface area contributed by atoms with Crippen LogP contribution in [0.1, 0.15) is 5.56 Å². The van der Waals surface area contributed by atoms with E-state index in [-0.39, 0.29) is 11.4 Å². The number of carboxylic acids is 1. The molecular weight excluding hydrogens is 370 g/mol. The van der Waals surface area contributed by atoms with Crippen molar-refractivity contribution in [2.45, 2.75) is 11.4 Å². The highest BCUT2D eigenvalue weighted by Gasteiger charge is 2.22. The van der Waals surface area contributed by atoms with Crippen molar-refractivity contribution in [2.75, 3.05) is 13.6 Å². The molecule has 27 heavy (non-hydrogen) atoms. The van der Waals surface area contributed by atoms with Crippen LogP contribution in [0.5, 0.6) is 0 Å². The van der Waals surface area contributed by atoms with Crippen molar-refractivity contribution < 1.29 is 18.3 Å². The number of H-pyrrole nitrogens is 2. The molecule has 3 aromatic rings. The normalized spacial score (nSPS) is 11.8. The molecule has 1 heterocycles. The number of benzene rings is 2. The molecule has 0 atom stereocenters. The highest BCUT2D eigenvalue weighted by atomic mass is 32.2. The number of hydrogen-bond acceptors (Lipinski definition) is 5. The molecule has 3 rings (SSSR count). The number of carbonyl (C=O) groups is 1. The van der Waals surface area contributed by atoms with Crippen molar-refractivity contribution in [3.05, 3.63) is 48.0 Å². The van der Waals surface area contributed by atoms with E-state index in [0.29, 0.717) is 23.5 Å². The quantitative estimate of drug-likeness (QED) is 0.478. The van der Waals surface area contributed by atoms with Gasteiger partial charge in [-0.05, 0) is 29.8 Å². The number of aromatic amines is 2. The van der Waals surface area contributed by atoms with Crippen molar-refractivity contribution >= 4 is 16.0 Å². The van der Waals surface area contributed by atoms with Gasteiger partial charge in [-0.3, -0.25) is 14.8 Å². The minimum absolute atomic E-state index is 0.0157. The van der Waals surface area contributed by atoms with Gasteiger partial charge in [0, 0.05) is 12.1 Å². The number of rotatable bonds is 7. The van der Waals surface area contributed by atoms with Crippen molar-refractivity contribution in [1.82, 2.24) is 20.3 Å². The molecular formula is C17H19N5O4S. The molecule has 0 aliphatic heterocycles. The molecule has 9 nitrogen and oxygen atoms in total. The first-order chi connectivity index (χ1) is 12.8. The first-order valence-corrected chi connectivity index (χ1v) is 9.55. The van der Waals surface area contributed by atoms with Gasteiger partial charge >= 0.3 is 5.97 Å². The van der Waals surface area contributed by atoms with Crippen molar-refractivity contribution in [3.63, 3.8) is 0 Å². The van der Waals surface area contributed by atoms with Gasteiger partial charge in [-0.15, -0.1) is 5.10 Å². The van der Waals surface area contributed by atoms with Crippen molar-refractivity contribution in [1.29, 1.82) is 0 Å². The number of nitrogens with one attached hydrogen (secondary N) is 2. The Kier molecular flexibility index (Phi) is 5.13. The highest BCUT2D eigenvalue weighted by molar-refractivity contribution is 7.89. The fourth-order valence-electron chi connectivity index (χ4n) is 2.87. The van der Waals surface area contributed by atoms with Crippen LogP contribution in [0.25, 0.3) is 22.5 Å². The number of nitrogens with zero attached hydrogens (tertiary/aromatic N) is 2. The molecule has 0 bridgehead atoms. The van der Waals surface area contributed by atoms with Gasteiger partial charge in [0.1, 0.15) is 0 Å². The van der Waals surface area contributed by atoms with Crippen LogP contribution >= 0.6 is 0 Å². The summed E-state index contributed by atoms with van der Waals surface area (Å²) in [6.07, 6.45) is 0. The van der Waals surface area contributed by atoms with E-state index in [1.54, 1.807) is 24.1 Å². The maximum absolute atomic E-state index is 12.0. The van der Waals surface area contributed by atoms with E-state index in [4.69, 9.17) is 10.2 Å². The van der Waals surface area contributed by atoms with Gasteiger partial charge in [-0.1, -0.05) is 36.4 Å². The van der Waals surface area contributed by atoms with E-state index < -0.39 is 16.0 Å². The maximum atomic E-state index is 12.0. The predicted octanol–water partition coefficient (Wildman–Crippen LogP) is 1.24. The summed E-state index contributed by atoms with van der Waals surface area (Å²) >= 11 is 0. The summed E-state index contributed by atoms with van der Waals surface area (Å²) in [7, 11) is -2.21. The van der Waals surface area contributed by atoms with Crippen LogP contribution in [0.15, 0.2) is 47.4 Å². The molecule has 0 unspecified atom stereocenters. The number of aromatic nitrogens is 3. The Morgan fingerprint density at radius 2 is 1.89 bits per heavy atom. The van der Waals surface area contributed by atoms with Gasteiger partial charge in [-0.2, -0.15) is 0 Å². The Morgan fingerprint density at radius 3 is 2.41 bits per heavy atom. The third-order valence-corrected chi connectivity index (χ3v) is 4.99. The molecule has 0 saturated carbocycles. The van der Waals surface area contributed by atoms with Gasteiger partial charge < -0.3 is 5.11 Å². The monoisotopic (exact) mass is 389 g/mol. The number of sulfonamides is 1. The van der Waals surface area contributed by atoms with E-state index in [0.717, 1.165) is 11.1 Å². The lowest BCUT2D eigenvalue weighted by molar-refractivity contribution is -0.138. The standard InChI is InChI=1S/C17H19N5O4S/c1-22(10-15(23)24)9-11-5-7-12(8-6-11)13-3-2-4-14(27(18,25)26)16(13)17-19-21-20-17/h2-8,21H,9-10H2,1H3,(H,19,20)(H,23,24)(H2,18,25,26). The molecule has 0 amide bonds. The van der Waals surface area contributed by atoms with Crippen molar-refractivity contribution in [3.8, 4) is 22.5 Å². The zero-order valence-corrected chi connectivity index (χ0v) is 15.3. The van der Waals surface area contributed by atoms with Gasteiger partial charge in [0.05, 0.1) is 11.4 Å². The van der Waals surface area contributed by atoms with Crippen LogP contribution < -0.4 is 5.14 Å².